The minimum absolute atomic E-state index is 0.190. The normalized spacial score (nSPS) is 11.9. The van der Waals surface area contributed by atoms with Gasteiger partial charge in [-0.25, -0.2) is 9.78 Å². The van der Waals surface area contributed by atoms with E-state index in [2.05, 4.69) is 15.6 Å². The molecule has 0 saturated heterocycles. The molecule has 0 bridgehead atoms. The minimum Gasteiger partial charge on any atom is -0.497 e. The Morgan fingerprint density at radius 2 is 1.83 bits per heavy atom. The molecule has 0 atom stereocenters. The number of aryl methyl sites for hydroxylation is 1. The molecule has 2 aromatic heterocycles. The van der Waals surface area contributed by atoms with Crippen molar-refractivity contribution in [3.63, 3.8) is 0 Å². The first-order valence-corrected chi connectivity index (χ1v) is 11.1. The SMILES string of the molecule is COC(=O)c1c(NC(=O)c2ccc(OC)cc2)c2cc(NCc3ccc4c(c3)OCO4)cnc2n1C. The third-order valence-electron chi connectivity index (χ3n) is 5.93. The molecule has 0 aliphatic carbocycles. The fourth-order valence-corrected chi connectivity index (χ4v) is 4.05. The number of hydrogen-bond acceptors (Lipinski definition) is 8. The van der Waals surface area contributed by atoms with Crippen LogP contribution in [0.25, 0.3) is 11.0 Å². The number of nitrogens with zero attached hydrogens (tertiary/aromatic N) is 2. The molecule has 0 unspecified atom stereocenters. The fourth-order valence-electron chi connectivity index (χ4n) is 4.05. The highest BCUT2D eigenvalue weighted by molar-refractivity contribution is 6.14. The Morgan fingerprint density at radius 1 is 1.06 bits per heavy atom. The van der Waals surface area contributed by atoms with Crippen molar-refractivity contribution in [1.82, 2.24) is 9.55 Å². The summed E-state index contributed by atoms with van der Waals surface area (Å²) in [5.41, 5.74) is 3.15. The largest absolute Gasteiger partial charge is 0.497 e. The molecule has 2 N–H and O–H groups in total. The Kier molecular flexibility index (Phi) is 6.07. The molecule has 10 nitrogen and oxygen atoms in total. The number of hydrogen-bond donors (Lipinski definition) is 2. The maximum absolute atomic E-state index is 13.0. The predicted octanol–water partition coefficient (Wildman–Crippen LogP) is 3.96. The summed E-state index contributed by atoms with van der Waals surface area (Å²) < 4.78 is 22.6. The van der Waals surface area contributed by atoms with Gasteiger partial charge in [0.2, 0.25) is 6.79 Å². The van der Waals surface area contributed by atoms with Crippen LogP contribution in [0.3, 0.4) is 0 Å². The quantitative estimate of drug-likeness (QED) is 0.376. The van der Waals surface area contributed by atoms with Gasteiger partial charge in [0, 0.05) is 24.5 Å². The third-order valence-corrected chi connectivity index (χ3v) is 5.93. The highest BCUT2D eigenvalue weighted by atomic mass is 16.7. The third kappa shape index (κ3) is 4.24. The number of carbonyl (C=O) groups is 2. The number of amides is 1. The van der Waals surface area contributed by atoms with Crippen LogP contribution >= 0.6 is 0 Å². The molecule has 0 spiro atoms. The molecule has 4 aromatic rings. The van der Waals surface area contributed by atoms with Crippen LogP contribution in [0.5, 0.6) is 17.2 Å². The van der Waals surface area contributed by atoms with Crippen molar-refractivity contribution in [3.05, 3.63) is 71.5 Å². The zero-order valence-corrected chi connectivity index (χ0v) is 20.0. The Bertz CT molecular complexity index is 1460. The number of benzene rings is 2. The van der Waals surface area contributed by atoms with E-state index in [1.54, 1.807) is 49.2 Å². The Hall–Kier alpha value is -4.73. The van der Waals surface area contributed by atoms with Gasteiger partial charge in [-0.2, -0.15) is 0 Å². The van der Waals surface area contributed by atoms with Crippen LogP contribution < -0.4 is 24.8 Å². The van der Waals surface area contributed by atoms with Crippen LogP contribution in [0.2, 0.25) is 0 Å². The zero-order chi connectivity index (χ0) is 25.2. The van der Waals surface area contributed by atoms with Crippen LogP contribution in [-0.2, 0) is 18.3 Å². The van der Waals surface area contributed by atoms with Crippen molar-refractivity contribution < 1.29 is 28.5 Å². The van der Waals surface area contributed by atoms with Gasteiger partial charge in [-0.15, -0.1) is 0 Å². The van der Waals surface area contributed by atoms with Gasteiger partial charge in [0.15, 0.2) is 17.2 Å². The van der Waals surface area contributed by atoms with E-state index >= 15 is 0 Å². The van der Waals surface area contributed by atoms with Gasteiger partial charge in [0.1, 0.15) is 11.4 Å². The van der Waals surface area contributed by atoms with Crippen molar-refractivity contribution in [2.24, 2.45) is 7.05 Å². The van der Waals surface area contributed by atoms with Crippen LogP contribution in [-0.4, -0.2) is 42.4 Å². The van der Waals surface area contributed by atoms with Crippen molar-refractivity contribution in [2.75, 3.05) is 31.6 Å². The van der Waals surface area contributed by atoms with Gasteiger partial charge in [-0.05, 0) is 48.0 Å². The average Bonchev–Trinajstić information content (AvgIpc) is 3.49. The van der Waals surface area contributed by atoms with E-state index in [1.807, 2.05) is 24.3 Å². The lowest BCUT2D eigenvalue weighted by Gasteiger charge is -2.09. The number of aromatic nitrogens is 2. The van der Waals surface area contributed by atoms with E-state index in [4.69, 9.17) is 18.9 Å². The number of rotatable bonds is 7. The molecule has 1 aliphatic rings. The number of carbonyl (C=O) groups excluding carboxylic acids is 2. The first-order valence-electron chi connectivity index (χ1n) is 11.1. The Morgan fingerprint density at radius 3 is 2.58 bits per heavy atom. The molecule has 184 valence electrons. The number of nitrogens with one attached hydrogen (secondary N) is 2. The van der Waals surface area contributed by atoms with Crippen molar-refractivity contribution in [1.29, 1.82) is 0 Å². The molecule has 0 radical (unpaired) electrons. The standard InChI is InChI=1S/C26H24N4O6/c1-30-23(26(32)34-3)22(29-25(31)16-5-7-18(33-2)8-6-16)19-11-17(13-28-24(19)30)27-12-15-4-9-20-21(10-15)36-14-35-20/h4-11,13,27H,12,14H2,1-3H3,(H,29,31). The molecule has 0 fully saturated rings. The zero-order valence-electron chi connectivity index (χ0n) is 20.0. The van der Waals surface area contributed by atoms with E-state index in [1.165, 1.54) is 7.11 Å². The van der Waals surface area contributed by atoms with E-state index in [0.29, 0.717) is 46.0 Å². The van der Waals surface area contributed by atoms with E-state index < -0.39 is 5.97 Å². The molecule has 1 aliphatic heterocycles. The van der Waals surface area contributed by atoms with Crippen molar-refractivity contribution in [2.45, 2.75) is 6.54 Å². The second-order valence-electron chi connectivity index (χ2n) is 8.09. The summed E-state index contributed by atoms with van der Waals surface area (Å²) in [6, 6.07) is 14.3. The van der Waals surface area contributed by atoms with Crippen molar-refractivity contribution in [3.8, 4) is 17.2 Å². The second-order valence-corrected chi connectivity index (χ2v) is 8.09. The topological polar surface area (TPSA) is 113 Å². The van der Waals surface area contributed by atoms with Gasteiger partial charge in [0.25, 0.3) is 5.91 Å². The second kappa shape index (κ2) is 9.49. The Labute approximate surface area is 206 Å². The number of methoxy groups -OCH3 is 2. The highest BCUT2D eigenvalue weighted by Gasteiger charge is 2.25. The van der Waals surface area contributed by atoms with E-state index in [9.17, 15) is 9.59 Å². The number of pyridine rings is 1. The fraction of sp³-hybridized carbons (Fsp3) is 0.192. The summed E-state index contributed by atoms with van der Waals surface area (Å²) in [6.45, 7) is 0.725. The number of esters is 1. The summed E-state index contributed by atoms with van der Waals surface area (Å²) in [5, 5.41) is 6.80. The highest BCUT2D eigenvalue weighted by Crippen LogP contribution is 2.34. The number of ether oxygens (including phenoxy) is 4. The maximum atomic E-state index is 13.0. The average molecular weight is 489 g/mol. The van der Waals surface area contributed by atoms with Crippen molar-refractivity contribution >= 4 is 34.3 Å². The predicted molar refractivity (Wildman–Crippen MR) is 133 cm³/mol. The molecular formula is C26H24N4O6. The number of fused-ring (bicyclic) bond motifs is 2. The van der Waals surface area contributed by atoms with Crippen LogP contribution in [0.1, 0.15) is 26.4 Å². The molecule has 0 saturated carbocycles. The van der Waals surface area contributed by atoms with Gasteiger partial charge in [-0.3, -0.25) is 4.79 Å². The van der Waals surface area contributed by atoms with E-state index in [0.717, 1.165) is 11.3 Å². The van der Waals surface area contributed by atoms with Crippen LogP contribution in [0, 0.1) is 0 Å². The summed E-state index contributed by atoms with van der Waals surface area (Å²) in [6.07, 6.45) is 1.67. The Balaban J connectivity index is 1.46. The lowest BCUT2D eigenvalue weighted by atomic mass is 10.1. The summed E-state index contributed by atoms with van der Waals surface area (Å²) in [4.78, 5) is 30.2. The lowest BCUT2D eigenvalue weighted by Crippen LogP contribution is -2.16. The lowest BCUT2D eigenvalue weighted by molar-refractivity contribution is 0.0591. The van der Waals surface area contributed by atoms with Gasteiger partial charge >= 0.3 is 5.97 Å². The molecule has 2 aromatic carbocycles. The smallest absolute Gasteiger partial charge is 0.356 e. The number of anilines is 2. The summed E-state index contributed by atoms with van der Waals surface area (Å²) >= 11 is 0. The molecule has 10 heteroatoms. The molecule has 36 heavy (non-hydrogen) atoms. The summed E-state index contributed by atoms with van der Waals surface area (Å²) in [5.74, 6) is 1.09. The maximum Gasteiger partial charge on any atom is 0.356 e. The molecule has 5 rings (SSSR count). The van der Waals surface area contributed by atoms with Gasteiger partial charge < -0.3 is 34.1 Å². The monoisotopic (exact) mass is 488 g/mol. The van der Waals surface area contributed by atoms with E-state index in [-0.39, 0.29) is 18.4 Å². The first kappa shape index (κ1) is 23.0. The molecular weight excluding hydrogens is 464 g/mol. The first-order chi connectivity index (χ1) is 17.5. The summed E-state index contributed by atoms with van der Waals surface area (Å²) in [7, 11) is 4.55. The van der Waals surface area contributed by atoms with Gasteiger partial charge in [-0.1, -0.05) is 6.07 Å². The molecule has 1 amide bonds. The molecule has 3 heterocycles. The van der Waals surface area contributed by atoms with Gasteiger partial charge in [0.05, 0.1) is 31.8 Å². The van der Waals surface area contributed by atoms with Crippen LogP contribution in [0.4, 0.5) is 11.4 Å². The minimum atomic E-state index is -0.588. The van der Waals surface area contributed by atoms with Crippen LogP contribution in [0.15, 0.2) is 54.7 Å².